The molecule has 242 valence electrons. The van der Waals surface area contributed by atoms with Gasteiger partial charge in [-0.1, -0.05) is 13.8 Å². The highest BCUT2D eigenvalue weighted by Gasteiger charge is 2.34. The molecule has 3 rings (SSSR count). The summed E-state index contributed by atoms with van der Waals surface area (Å²) < 4.78 is 45.2. The number of hydrogen-bond donors (Lipinski definition) is 5. The number of thiazole rings is 1. The van der Waals surface area contributed by atoms with Gasteiger partial charge in [0.25, 0.3) is 11.8 Å². The lowest BCUT2D eigenvalue weighted by Gasteiger charge is -2.25. The predicted molar refractivity (Wildman–Crippen MR) is 160 cm³/mol. The van der Waals surface area contributed by atoms with E-state index < -0.39 is 47.5 Å². The van der Waals surface area contributed by atoms with Crippen molar-refractivity contribution in [2.24, 2.45) is 5.92 Å². The van der Waals surface area contributed by atoms with Crippen molar-refractivity contribution in [3.05, 3.63) is 47.4 Å². The molecule has 1 atom stereocenters. The molecule has 0 aliphatic carbocycles. The molecule has 5 N–H and O–H groups in total. The fourth-order valence-electron chi connectivity index (χ4n) is 3.73. The van der Waals surface area contributed by atoms with Crippen LogP contribution in [0.15, 0.2) is 36.1 Å². The zero-order valence-electron chi connectivity index (χ0n) is 25.3. The first-order valence-corrected chi connectivity index (χ1v) is 14.5. The van der Waals surface area contributed by atoms with Crippen molar-refractivity contribution in [2.75, 3.05) is 11.9 Å². The number of amides is 5. The molecular formula is C28H33F3N8O5S. The lowest BCUT2D eigenvalue weighted by molar-refractivity contribution is -0.140. The van der Waals surface area contributed by atoms with Crippen LogP contribution in [0.3, 0.4) is 0 Å². The molecule has 5 amide bonds. The molecule has 0 bridgehead atoms. The molecule has 0 saturated heterocycles. The van der Waals surface area contributed by atoms with E-state index in [1.807, 2.05) is 0 Å². The van der Waals surface area contributed by atoms with Gasteiger partial charge in [-0.2, -0.15) is 13.2 Å². The van der Waals surface area contributed by atoms with E-state index in [2.05, 4.69) is 41.8 Å². The van der Waals surface area contributed by atoms with Gasteiger partial charge >= 0.3 is 18.3 Å². The summed E-state index contributed by atoms with van der Waals surface area (Å²) in [5, 5.41) is 8.36. The van der Waals surface area contributed by atoms with Crippen molar-refractivity contribution in [1.29, 1.82) is 0 Å². The molecule has 0 unspecified atom stereocenters. The number of anilines is 1. The molecule has 45 heavy (non-hydrogen) atoms. The zero-order chi connectivity index (χ0) is 33.5. The largest absolute Gasteiger partial charge is 0.444 e. The second-order valence-corrected chi connectivity index (χ2v) is 11.8. The lowest BCUT2D eigenvalue weighted by Crippen LogP contribution is -2.55. The summed E-state index contributed by atoms with van der Waals surface area (Å²) in [5.41, 5.74) is 3.40. The van der Waals surface area contributed by atoms with Crippen molar-refractivity contribution < 1.29 is 37.1 Å². The number of nitrogens with zero attached hydrogens (tertiary/aromatic N) is 3. The number of aromatic nitrogens is 3. The van der Waals surface area contributed by atoms with Gasteiger partial charge in [-0.25, -0.2) is 19.6 Å². The average Bonchev–Trinajstić information content (AvgIpc) is 3.45. The molecule has 13 nitrogen and oxygen atoms in total. The maximum atomic E-state index is 13.3. The first-order valence-electron chi connectivity index (χ1n) is 13.6. The van der Waals surface area contributed by atoms with Crippen LogP contribution >= 0.6 is 11.3 Å². The fourth-order valence-corrected chi connectivity index (χ4v) is 4.59. The molecule has 0 radical (unpaired) electrons. The van der Waals surface area contributed by atoms with Crippen LogP contribution in [0.5, 0.6) is 0 Å². The van der Waals surface area contributed by atoms with Crippen LogP contribution in [-0.4, -0.2) is 57.1 Å². The highest BCUT2D eigenvalue weighted by molar-refractivity contribution is 7.13. The number of carbonyl (C=O) groups excluding carboxylic acids is 4. The number of nitrogens with one attached hydrogen (secondary N) is 5. The van der Waals surface area contributed by atoms with E-state index in [4.69, 9.17) is 4.74 Å². The Labute approximate surface area is 260 Å². The molecule has 0 aromatic carbocycles. The summed E-state index contributed by atoms with van der Waals surface area (Å²) in [6.07, 6.45) is -1.59. The zero-order valence-corrected chi connectivity index (χ0v) is 26.1. The molecule has 0 aliphatic rings. The Balaban J connectivity index is 1.86. The average molecular weight is 651 g/mol. The van der Waals surface area contributed by atoms with Crippen molar-refractivity contribution in [1.82, 2.24) is 36.4 Å². The number of alkyl carbamates (subject to hydrolysis) is 1. The van der Waals surface area contributed by atoms with Gasteiger partial charge < -0.3 is 15.4 Å². The number of alkyl halides is 3. The Hall–Kier alpha value is -4.80. The lowest BCUT2D eigenvalue weighted by atomic mass is 10.0. The minimum absolute atomic E-state index is 0.0143. The third-order valence-electron chi connectivity index (χ3n) is 5.74. The van der Waals surface area contributed by atoms with Crippen LogP contribution in [-0.2, 0) is 15.7 Å². The minimum atomic E-state index is -4.68. The van der Waals surface area contributed by atoms with Gasteiger partial charge in [-0.3, -0.25) is 30.7 Å². The highest BCUT2D eigenvalue weighted by atomic mass is 32.1. The normalized spacial score (nSPS) is 12.2. The molecular weight excluding hydrogens is 617 g/mol. The van der Waals surface area contributed by atoms with Gasteiger partial charge in [0.1, 0.15) is 22.5 Å². The van der Waals surface area contributed by atoms with Gasteiger partial charge in [0.05, 0.1) is 5.56 Å². The van der Waals surface area contributed by atoms with E-state index in [9.17, 15) is 32.3 Å². The van der Waals surface area contributed by atoms with E-state index in [-0.39, 0.29) is 39.0 Å². The molecule has 3 aromatic heterocycles. The van der Waals surface area contributed by atoms with Crippen molar-refractivity contribution in [2.45, 2.75) is 59.4 Å². The Kier molecular flexibility index (Phi) is 11.0. The van der Waals surface area contributed by atoms with E-state index in [1.165, 1.54) is 30.7 Å². The van der Waals surface area contributed by atoms with E-state index in [0.29, 0.717) is 6.54 Å². The number of halogens is 3. The Morgan fingerprint density at radius 2 is 1.71 bits per heavy atom. The molecule has 0 spiro atoms. The molecule has 0 fully saturated rings. The van der Waals surface area contributed by atoms with Crippen molar-refractivity contribution in [3.8, 4) is 21.7 Å². The van der Waals surface area contributed by atoms with Gasteiger partial charge in [-0.05, 0) is 45.7 Å². The number of rotatable bonds is 8. The first-order chi connectivity index (χ1) is 21.0. The molecule has 17 heteroatoms. The van der Waals surface area contributed by atoms with Crippen LogP contribution in [0.4, 0.5) is 28.6 Å². The minimum Gasteiger partial charge on any atom is -0.444 e. The topological polar surface area (TPSA) is 176 Å². The number of pyridine rings is 2. The quantitative estimate of drug-likeness (QED) is 0.217. The number of carbonyl (C=O) groups is 4. The summed E-state index contributed by atoms with van der Waals surface area (Å²) >= 11 is 0.737. The molecule has 0 saturated carbocycles. The van der Waals surface area contributed by atoms with E-state index in [0.717, 1.165) is 16.7 Å². The smallest absolute Gasteiger partial charge is 0.434 e. The van der Waals surface area contributed by atoms with Crippen molar-refractivity contribution >= 4 is 41.1 Å². The van der Waals surface area contributed by atoms with Crippen LogP contribution in [0.1, 0.15) is 57.6 Å². The maximum absolute atomic E-state index is 13.3. The molecule has 3 heterocycles. The van der Waals surface area contributed by atoms with E-state index >= 15 is 0 Å². The molecule has 3 aromatic rings. The molecule has 0 aliphatic heterocycles. The Morgan fingerprint density at radius 3 is 2.31 bits per heavy atom. The summed E-state index contributed by atoms with van der Waals surface area (Å²) in [6, 6.07) is 1.15. The summed E-state index contributed by atoms with van der Waals surface area (Å²) in [5.74, 6) is -1.79. The third-order valence-corrected chi connectivity index (χ3v) is 6.62. The van der Waals surface area contributed by atoms with Crippen LogP contribution in [0.2, 0.25) is 0 Å². The van der Waals surface area contributed by atoms with Gasteiger partial charge in [0.15, 0.2) is 5.69 Å². The predicted octanol–water partition coefficient (Wildman–Crippen LogP) is 4.74. The van der Waals surface area contributed by atoms with Crippen LogP contribution < -0.4 is 26.8 Å². The number of hydrogen-bond acceptors (Lipinski definition) is 9. The second kappa shape index (κ2) is 14.3. The summed E-state index contributed by atoms with van der Waals surface area (Å²) in [7, 11) is 0. The SMILES string of the molecule is CCNC(=O)Nc1cc(-c2nc(C(F)(F)F)cs2)c(-c2cncc(C(=O)NNC(=O)[C@H](NC(=O)OC(C)(C)C)C(C)C)c2)cn1. The van der Waals surface area contributed by atoms with Gasteiger partial charge in [0.2, 0.25) is 0 Å². The Morgan fingerprint density at radius 1 is 1.00 bits per heavy atom. The fraction of sp³-hybridized carbons (Fsp3) is 0.393. The van der Waals surface area contributed by atoms with Gasteiger partial charge in [-0.15, -0.1) is 11.3 Å². The highest BCUT2D eigenvalue weighted by Crippen LogP contribution is 2.38. The second-order valence-electron chi connectivity index (χ2n) is 10.9. The number of hydrazine groups is 1. The van der Waals surface area contributed by atoms with Crippen molar-refractivity contribution in [3.63, 3.8) is 0 Å². The maximum Gasteiger partial charge on any atom is 0.434 e. The number of urea groups is 1. The summed E-state index contributed by atoms with van der Waals surface area (Å²) in [4.78, 5) is 62.0. The standard InChI is InChI=1S/C28H33F3N8O5S/c1-7-33-25(42)36-20-9-17(24-35-19(13-45-24)28(29,30)31)18(12-34-20)15-8-16(11-32-10-15)22(40)38-39-23(41)21(14(2)3)37-26(43)44-27(4,5)6/h8-14,21H,7H2,1-6H3,(H,37,43)(H,38,40)(H,39,41)(H2,33,34,36,42)/t21-/m1/s1. The summed E-state index contributed by atoms with van der Waals surface area (Å²) in [6.45, 7) is 10.4. The van der Waals surface area contributed by atoms with Crippen LogP contribution in [0.25, 0.3) is 21.7 Å². The third kappa shape index (κ3) is 9.85. The monoisotopic (exact) mass is 650 g/mol. The number of ether oxygens (including phenoxy) is 1. The van der Waals surface area contributed by atoms with Gasteiger partial charge in [0, 0.05) is 47.2 Å². The first kappa shape index (κ1) is 34.7. The van der Waals surface area contributed by atoms with Crippen LogP contribution in [0, 0.1) is 5.92 Å². The van der Waals surface area contributed by atoms with E-state index in [1.54, 1.807) is 41.5 Å². The Bertz CT molecular complexity index is 1560.